The number of allylic oxidation sites excluding steroid dienone is 2. The zero-order valence-corrected chi connectivity index (χ0v) is 6.76. The molecule has 0 aliphatic carbocycles. The second-order valence-corrected chi connectivity index (χ2v) is 2.61. The molecule has 0 rings (SSSR count). The van der Waals surface area contributed by atoms with E-state index in [-0.39, 0.29) is 0 Å². The Morgan fingerprint density at radius 1 is 1.60 bits per heavy atom. The highest BCUT2D eigenvalue weighted by molar-refractivity contribution is 5.65. The summed E-state index contributed by atoms with van der Waals surface area (Å²) in [5, 5.41) is 0. The van der Waals surface area contributed by atoms with E-state index in [2.05, 4.69) is 13.8 Å². The van der Waals surface area contributed by atoms with E-state index in [4.69, 9.17) is 0 Å². The van der Waals surface area contributed by atoms with Gasteiger partial charge in [0.05, 0.1) is 0 Å². The summed E-state index contributed by atoms with van der Waals surface area (Å²) >= 11 is 0. The minimum atomic E-state index is 0.774. The summed E-state index contributed by atoms with van der Waals surface area (Å²) in [6.45, 7) is 4.40. The minimum absolute atomic E-state index is 0.774. The van der Waals surface area contributed by atoms with Crippen LogP contribution in [0.3, 0.4) is 0 Å². The van der Waals surface area contributed by atoms with E-state index in [1.807, 2.05) is 6.08 Å². The average Bonchev–Trinajstić information content (AvgIpc) is 1.98. The fraction of sp³-hybridized carbons (Fsp3) is 0.667. The number of carbonyl (C=O) groups excluding carboxylic acids is 1. The SMILES string of the molecule is CCC(C)CCC=C[C]=O. The van der Waals surface area contributed by atoms with Gasteiger partial charge in [0, 0.05) is 0 Å². The summed E-state index contributed by atoms with van der Waals surface area (Å²) in [6, 6.07) is 0. The summed E-state index contributed by atoms with van der Waals surface area (Å²) in [5.41, 5.74) is 0. The standard InChI is InChI=1S/C9H15O/c1-3-9(2)7-5-4-6-8-10/h4,6,9H,3,5,7H2,1-2H3. The molecule has 0 heterocycles. The summed E-state index contributed by atoms with van der Waals surface area (Å²) in [7, 11) is 0. The Morgan fingerprint density at radius 3 is 2.80 bits per heavy atom. The number of rotatable bonds is 5. The van der Waals surface area contributed by atoms with Gasteiger partial charge in [-0.2, -0.15) is 0 Å². The van der Waals surface area contributed by atoms with Crippen LogP contribution in [0, 0.1) is 5.92 Å². The van der Waals surface area contributed by atoms with Crippen molar-refractivity contribution in [1.82, 2.24) is 0 Å². The van der Waals surface area contributed by atoms with Crippen LogP contribution < -0.4 is 0 Å². The van der Waals surface area contributed by atoms with Crippen LogP contribution in [0.4, 0.5) is 0 Å². The van der Waals surface area contributed by atoms with Gasteiger partial charge in [-0.3, -0.25) is 4.79 Å². The molecule has 0 saturated carbocycles. The van der Waals surface area contributed by atoms with Crippen molar-refractivity contribution in [3.63, 3.8) is 0 Å². The third kappa shape index (κ3) is 5.54. The molecule has 1 unspecified atom stereocenters. The van der Waals surface area contributed by atoms with Crippen LogP contribution in [0.1, 0.15) is 33.1 Å². The largest absolute Gasteiger partial charge is 0.286 e. The lowest BCUT2D eigenvalue weighted by Gasteiger charge is -2.03. The van der Waals surface area contributed by atoms with Crippen molar-refractivity contribution >= 4 is 6.29 Å². The molecule has 0 aliphatic heterocycles. The van der Waals surface area contributed by atoms with Crippen LogP contribution in [0.25, 0.3) is 0 Å². The van der Waals surface area contributed by atoms with Crippen molar-refractivity contribution in [3.05, 3.63) is 12.2 Å². The van der Waals surface area contributed by atoms with Crippen LogP contribution in [0.15, 0.2) is 12.2 Å². The average molecular weight is 139 g/mol. The van der Waals surface area contributed by atoms with Gasteiger partial charge in [0.1, 0.15) is 0 Å². The van der Waals surface area contributed by atoms with E-state index in [9.17, 15) is 4.79 Å². The van der Waals surface area contributed by atoms with Gasteiger partial charge in [0.15, 0.2) is 0 Å². The third-order valence-corrected chi connectivity index (χ3v) is 1.71. The highest BCUT2D eigenvalue weighted by Gasteiger charge is 1.94. The highest BCUT2D eigenvalue weighted by atomic mass is 16.1. The molecule has 1 heteroatoms. The van der Waals surface area contributed by atoms with Gasteiger partial charge >= 0.3 is 0 Å². The highest BCUT2D eigenvalue weighted by Crippen LogP contribution is 2.08. The van der Waals surface area contributed by atoms with Gasteiger partial charge in [-0.05, 0) is 24.8 Å². The van der Waals surface area contributed by atoms with Gasteiger partial charge in [0.2, 0.25) is 6.29 Å². The van der Waals surface area contributed by atoms with Crippen LogP contribution in [-0.4, -0.2) is 6.29 Å². The summed E-state index contributed by atoms with van der Waals surface area (Å²) < 4.78 is 0. The van der Waals surface area contributed by atoms with E-state index in [0.29, 0.717) is 0 Å². The normalized spacial score (nSPS) is 13.8. The van der Waals surface area contributed by atoms with E-state index in [1.54, 1.807) is 6.29 Å². The van der Waals surface area contributed by atoms with Crippen LogP contribution in [0.2, 0.25) is 0 Å². The lowest BCUT2D eigenvalue weighted by molar-refractivity contribution is 0.521. The molecule has 1 radical (unpaired) electrons. The van der Waals surface area contributed by atoms with Gasteiger partial charge in [0.25, 0.3) is 0 Å². The second kappa shape index (κ2) is 6.53. The van der Waals surface area contributed by atoms with E-state index < -0.39 is 0 Å². The minimum Gasteiger partial charge on any atom is -0.286 e. The quantitative estimate of drug-likeness (QED) is 0.535. The Kier molecular flexibility index (Phi) is 6.14. The topological polar surface area (TPSA) is 17.1 Å². The molecule has 10 heavy (non-hydrogen) atoms. The predicted octanol–water partition coefficient (Wildman–Crippen LogP) is 2.48. The zero-order valence-electron chi connectivity index (χ0n) is 6.76. The first-order valence-corrected chi connectivity index (χ1v) is 3.84. The maximum atomic E-state index is 9.71. The van der Waals surface area contributed by atoms with Crippen molar-refractivity contribution in [3.8, 4) is 0 Å². The fourth-order valence-electron chi connectivity index (χ4n) is 0.716. The molecule has 0 aromatic rings. The molecular weight excluding hydrogens is 124 g/mol. The van der Waals surface area contributed by atoms with Crippen molar-refractivity contribution in [2.24, 2.45) is 5.92 Å². The molecule has 0 aromatic heterocycles. The molecule has 1 atom stereocenters. The van der Waals surface area contributed by atoms with Gasteiger partial charge in [-0.25, -0.2) is 0 Å². The molecule has 0 spiro atoms. The molecule has 1 nitrogen and oxygen atoms in total. The maximum absolute atomic E-state index is 9.71. The number of hydrogen-bond acceptors (Lipinski definition) is 1. The lowest BCUT2D eigenvalue weighted by atomic mass is 10.0. The van der Waals surface area contributed by atoms with E-state index in [1.165, 1.54) is 18.9 Å². The first-order chi connectivity index (χ1) is 4.81. The fourth-order valence-corrected chi connectivity index (χ4v) is 0.716. The van der Waals surface area contributed by atoms with Crippen molar-refractivity contribution in [2.75, 3.05) is 0 Å². The Labute approximate surface area is 63.1 Å². The molecule has 0 bridgehead atoms. The summed E-state index contributed by atoms with van der Waals surface area (Å²) in [4.78, 5) is 9.71. The van der Waals surface area contributed by atoms with Crippen molar-refractivity contribution in [2.45, 2.75) is 33.1 Å². The van der Waals surface area contributed by atoms with Gasteiger partial charge in [-0.15, -0.1) is 0 Å². The van der Waals surface area contributed by atoms with Gasteiger partial charge < -0.3 is 0 Å². The monoisotopic (exact) mass is 139 g/mol. The number of hydrogen-bond donors (Lipinski definition) is 0. The summed E-state index contributed by atoms with van der Waals surface area (Å²) in [5.74, 6) is 0.774. The summed E-state index contributed by atoms with van der Waals surface area (Å²) in [6.07, 6.45) is 8.45. The van der Waals surface area contributed by atoms with Crippen molar-refractivity contribution < 1.29 is 4.79 Å². The van der Waals surface area contributed by atoms with Crippen LogP contribution >= 0.6 is 0 Å². The second-order valence-electron chi connectivity index (χ2n) is 2.61. The van der Waals surface area contributed by atoms with E-state index >= 15 is 0 Å². The third-order valence-electron chi connectivity index (χ3n) is 1.71. The molecule has 0 saturated heterocycles. The Morgan fingerprint density at radius 2 is 2.30 bits per heavy atom. The Hall–Kier alpha value is -0.590. The van der Waals surface area contributed by atoms with E-state index in [0.717, 1.165) is 12.3 Å². The maximum Gasteiger partial charge on any atom is 0.225 e. The van der Waals surface area contributed by atoms with Crippen LogP contribution in [0.5, 0.6) is 0 Å². The van der Waals surface area contributed by atoms with Gasteiger partial charge in [-0.1, -0.05) is 26.3 Å². The molecule has 0 amide bonds. The molecular formula is C9H15O. The molecule has 57 valence electrons. The molecule has 0 fully saturated rings. The first-order valence-electron chi connectivity index (χ1n) is 3.84. The lowest BCUT2D eigenvalue weighted by Crippen LogP contribution is -1.89. The smallest absolute Gasteiger partial charge is 0.225 e. The van der Waals surface area contributed by atoms with Crippen molar-refractivity contribution in [1.29, 1.82) is 0 Å². The Balaban J connectivity index is 3.18. The molecule has 0 aromatic carbocycles. The Bertz CT molecular complexity index is 105. The molecule has 0 N–H and O–H groups in total. The molecule has 0 aliphatic rings. The van der Waals surface area contributed by atoms with Crippen LogP contribution in [-0.2, 0) is 4.79 Å². The zero-order chi connectivity index (χ0) is 7.82. The predicted molar refractivity (Wildman–Crippen MR) is 43.5 cm³/mol. The first kappa shape index (κ1) is 9.41.